The Morgan fingerprint density at radius 3 is 2.58 bits per heavy atom. The lowest BCUT2D eigenvalue weighted by molar-refractivity contribution is -0.113. The van der Waals surface area contributed by atoms with Gasteiger partial charge in [-0.2, -0.15) is 0 Å². The van der Waals surface area contributed by atoms with Crippen LogP contribution in [0.4, 0.5) is 5.13 Å². The monoisotopic (exact) mass is 483 g/mol. The quantitative estimate of drug-likeness (QED) is 0.327. The molecule has 170 valence electrons. The Bertz CT molecular complexity index is 1490. The van der Waals surface area contributed by atoms with Crippen molar-refractivity contribution in [3.63, 3.8) is 0 Å². The van der Waals surface area contributed by atoms with Crippen molar-refractivity contribution >= 4 is 45.2 Å². The van der Waals surface area contributed by atoms with Crippen molar-refractivity contribution in [3.05, 3.63) is 55.7 Å². The summed E-state index contributed by atoms with van der Waals surface area (Å²) in [6.07, 6.45) is 0.735. The first-order valence-corrected chi connectivity index (χ1v) is 11.9. The van der Waals surface area contributed by atoms with Crippen LogP contribution < -0.4 is 16.6 Å². The van der Waals surface area contributed by atoms with Crippen LogP contribution in [0.3, 0.4) is 0 Å². The molecule has 0 aliphatic carbocycles. The number of aryl methyl sites for hydroxylation is 3. The van der Waals surface area contributed by atoms with E-state index in [1.807, 2.05) is 38.1 Å². The number of anilines is 1. The van der Waals surface area contributed by atoms with Crippen LogP contribution in [0, 0.1) is 6.92 Å². The van der Waals surface area contributed by atoms with E-state index in [9.17, 15) is 14.4 Å². The van der Waals surface area contributed by atoms with Gasteiger partial charge in [0, 0.05) is 19.7 Å². The Balaban J connectivity index is 1.76. The van der Waals surface area contributed by atoms with Crippen molar-refractivity contribution in [2.24, 2.45) is 14.1 Å². The predicted octanol–water partition coefficient (Wildman–Crippen LogP) is 2.15. The van der Waals surface area contributed by atoms with Gasteiger partial charge in [-0.25, -0.2) is 14.8 Å². The lowest BCUT2D eigenvalue weighted by Gasteiger charge is -2.12. The van der Waals surface area contributed by atoms with Crippen LogP contribution in [0.25, 0.3) is 22.4 Å². The number of nitrogens with one attached hydrogen (secondary N) is 1. The molecule has 0 atom stereocenters. The van der Waals surface area contributed by atoms with E-state index in [-0.39, 0.29) is 22.7 Å². The molecule has 4 aromatic rings. The van der Waals surface area contributed by atoms with Crippen molar-refractivity contribution in [1.29, 1.82) is 0 Å². The molecule has 0 aliphatic heterocycles. The Morgan fingerprint density at radius 2 is 1.88 bits per heavy atom. The fourth-order valence-electron chi connectivity index (χ4n) is 3.21. The van der Waals surface area contributed by atoms with Gasteiger partial charge in [-0.1, -0.05) is 54.3 Å². The molecule has 10 nitrogen and oxygen atoms in total. The van der Waals surface area contributed by atoms with Crippen LogP contribution in [-0.4, -0.2) is 41.0 Å². The standard InChI is InChI=1S/C21H21N7O3S2/c1-5-14-25-26-20(33-14)22-13(29)10-32-18-15-17(27(3)21(31)28(4)19(15)30)23-16(24-18)12-9-7-6-8-11(12)2/h6-9H,5,10H2,1-4H3,(H,22,26,29). The summed E-state index contributed by atoms with van der Waals surface area (Å²) in [6, 6.07) is 7.57. The van der Waals surface area contributed by atoms with E-state index >= 15 is 0 Å². The lowest BCUT2D eigenvalue weighted by Crippen LogP contribution is -2.37. The highest BCUT2D eigenvalue weighted by atomic mass is 32.2. The van der Waals surface area contributed by atoms with Gasteiger partial charge in [-0.05, 0) is 18.9 Å². The fourth-order valence-corrected chi connectivity index (χ4v) is 4.72. The average molecular weight is 484 g/mol. The van der Waals surface area contributed by atoms with E-state index in [1.165, 1.54) is 23.0 Å². The Labute approximate surface area is 196 Å². The molecule has 0 unspecified atom stereocenters. The number of aromatic nitrogens is 6. The minimum absolute atomic E-state index is 0.00758. The largest absolute Gasteiger partial charge is 0.332 e. The molecule has 0 aliphatic rings. The maximum Gasteiger partial charge on any atom is 0.332 e. The molecule has 0 saturated heterocycles. The molecule has 1 amide bonds. The number of benzene rings is 1. The summed E-state index contributed by atoms with van der Waals surface area (Å²) in [5, 5.41) is 12.4. The summed E-state index contributed by atoms with van der Waals surface area (Å²) < 4.78 is 2.33. The van der Waals surface area contributed by atoms with Crippen molar-refractivity contribution in [2.75, 3.05) is 11.1 Å². The zero-order chi connectivity index (χ0) is 23.7. The normalized spacial score (nSPS) is 11.2. The first kappa shape index (κ1) is 22.8. The first-order valence-electron chi connectivity index (χ1n) is 10.1. The topological polar surface area (TPSA) is 125 Å². The van der Waals surface area contributed by atoms with Crippen LogP contribution in [-0.2, 0) is 25.3 Å². The second-order valence-electron chi connectivity index (χ2n) is 7.26. The van der Waals surface area contributed by atoms with Gasteiger partial charge in [0.25, 0.3) is 5.56 Å². The van der Waals surface area contributed by atoms with Gasteiger partial charge in [-0.3, -0.25) is 24.0 Å². The lowest BCUT2D eigenvalue weighted by atomic mass is 10.1. The van der Waals surface area contributed by atoms with Crippen molar-refractivity contribution in [1.82, 2.24) is 29.3 Å². The SMILES string of the molecule is CCc1nnc(NC(=O)CSc2nc(-c3ccccc3C)nc3c2c(=O)n(C)c(=O)n3C)s1. The molecular weight excluding hydrogens is 462 g/mol. The molecule has 0 radical (unpaired) electrons. The molecule has 33 heavy (non-hydrogen) atoms. The Hall–Kier alpha value is -3.38. The highest BCUT2D eigenvalue weighted by Gasteiger charge is 2.20. The molecule has 3 aromatic heterocycles. The van der Waals surface area contributed by atoms with Gasteiger partial charge in [0.15, 0.2) is 11.5 Å². The van der Waals surface area contributed by atoms with Crippen LogP contribution in [0.1, 0.15) is 17.5 Å². The van der Waals surface area contributed by atoms with Crippen molar-refractivity contribution in [3.8, 4) is 11.4 Å². The molecule has 0 spiro atoms. The maximum atomic E-state index is 12.9. The van der Waals surface area contributed by atoms with E-state index in [1.54, 1.807) is 7.05 Å². The van der Waals surface area contributed by atoms with Gasteiger partial charge in [0.2, 0.25) is 11.0 Å². The third-order valence-electron chi connectivity index (χ3n) is 5.01. The second kappa shape index (κ2) is 9.24. The van der Waals surface area contributed by atoms with Gasteiger partial charge in [0.1, 0.15) is 15.4 Å². The molecule has 1 N–H and O–H groups in total. The van der Waals surface area contributed by atoms with Crippen LogP contribution in [0.5, 0.6) is 0 Å². The summed E-state index contributed by atoms with van der Waals surface area (Å²) in [7, 11) is 2.96. The predicted molar refractivity (Wildman–Crippen MR) is 129 cm³/mol. The molecule has 0 bridgehead atoms. The molecule has 0 fully saturated rings. The number of carbonyl (C=O) groups is 1. The fraction of sp³-hybridized carbons (Fsp3) is 0.286. The number of hydrogen-bond acceptors (Lipinski definition) is 9. The molecular formula is C21H21N7O3S2. The zero-order valence-corrected chi connectivity index (χ0v) is 20.1. The van der Waals surface area contributed by atoms with E-state index in [0.717, 1.165) is 38.9 Å². The van der Waals surface area contributed by atoms with Gasteiger partial charge >= 0.3 is 5.69 Å². The molecule has 4 rings (SSSR count). The minimum atomic E-state index is -0.510. The number of thioether (sulfide) groups is 1. The molecule has 3 heterocycles. The van der Waals surface area contributed by atoms with Crippen LogP contribution in [0.15, 0.2) is 38.9 Å². The highest BCUT2D eigenvalue weighted by Crippen LogP contribution is 2.27. The van der Waals surface area contributed by atoms with Gasteiger partial charge in [0.05, 0.1) is 5.75 Å². The first-order chi connectivity index (χ1) is 15.8. The summed E-state index contributed by atoms with van der Waals surface area (Å²) in [5.41, 5.74) is 0.945. The summed E-state index contributed by atoms with van der Waals surface area (Å²) >= 11 is 2.42. The summed E-state index contributed by atoms with van der Waals surface area (Å²) in [6.45, 7) is 3.89. The number of rotatable bonds is 6. The molecule has 12 heteroatoms. The van der Waals surface area contributed by atoms with Gasteiger partial charge in [-0.15, -0.1) is 10.2 Å². The third-order valence-corrected chi connectivity index (χ3v) is 6.97. The summed E-state index contributed by atoms with van der Waals surface area (Å²) in [5.74, 6) is 0.0694. The number of amides is 1. The Kier molecular flexibility index (Phi) is 6.38. The molecule has 0 saturated carbocycles. The smallest absolute Gasteiger partial charge is 0.300 e. The minimum Gasteiger partial charge on any atom is -0.300 e. The number of nitrogens with zero attached hydrogens (tertiary/aromatic N) is 6. The number of hydrogen-bond donors (Lipinski definition) is 1. The maximum absolute atomic E-state index is 12.9. The van der Waals surface area contributed by atoms with Crippen LogP contribution in [0.2, 0.25) is 0 Å². The van der Waals surface area contributed by atoms with E-state index in [0.29, 0.717) is 16.0 Å². The number of carbonyl (C=O) groups excluding carboxylic acids is 1. The highest BCUT2D eigenvalue weighted by molar-refractivity contribution is 8.00. The summed E-state index contributed by atoms with van der Waals surface area (Å²) in [4.78, 5) is 47.1. The van der Waals surface area contributed by atoms with Gasteiger partial charge < -0.3 is 0 Å². The van der Waals surface area contributed by atoms with E-state index < -0.39 is 11.2 Å². The third kappa shape index (κ3) is 4.44. The molecule has 1 aromatic carbocycles. The van der Waals surface area contributed by atoms with Crippen molar-refractivity contribution in [2.45, 2.75) is 25.3 Å². The van der Waals surface area contributed by atoms with E-state index in [2.05, 4.69) is 25.5 Å². The van der Waals surface area contributed by atoms with Crippen molar-refractivity contribution < 1.29 is 4.79 Å². The number of fused-ring (bicyclic) bond motifs is 1. The van der Waals surface area contributed by atoms with Crippen LogP contribution >= 0.6 is 23.1 Å². The second-order valence-corrected chi connectivity index (χ2v) is 9.29. The van der Waals surface area contributed by atoms with E-state index in [4.69, 9.17) is 0 Å². The zero-order valence-electron chi connectivity index (χ0n) is 18.4. The Morgan fingerprint density at radius 1 is 1.12 bits per heavy atom. The average Bonchev–Trinajstić information content (AvgIpc) is 3.27.